The van der Waals surface area contributed by atoms with Gasteiger partial charge in [-0.05, 0) is 79.5 Å². The van der Waals surface area contributed by atoms with Gasteiger partial charge in [0.25, 0.3) is 5.89 Å². The number of halogens is 1. The SMILES string of the molecule is O=C(O)CC1CCC(c2ccc3[nH]c(-c4nnc(Nc5ccc(F)cc5)o4)nc3c2)CC1. The normalized spacial score (nSPS) is 18.7. The lowest BCUT2D eigenvalue weighted by molar-refractivity contribution is -0.138. The van der Waals surface area contributed by atoms with Crippen molar-refractivity contribution in [1.82, 2.24) is 20.2 Å². The predicted molar refractivity (Wildman–Crippen MR) is 116 cm³/mol. The van der Waals surface area contributed by atoms with E-state index in [4.69, 9.17) is 9.52 Å². The van der Waals surface area contributed by atoms with E-state index in [1.807, 2.05) is 6.07 Å². The minimum Gasteiger partial charge on any atom is -0.481 e. The number of nitrogens with one attached hydrogen (secondary N) is 2. The van der Waals surface area contributed by atoms with E-state index in [0.717, 1.165) is 36.7 Å². The number of rotatable bonds is 6. The number of H-pyrrole nitrogens is 1. The van der Waals surface area contributed by atoms with Crippen molar-refractivity contribution in [2.24, 2.45) is 5.92 Å². The van der Waals surface area contributed by atoms with Gasteiger partial charge < -0.3 is 19.8 Å². The first kappa shape index (κ1) is 20.2. The number of carbonyl (C=O) groups is 1. The van der Waals surface area contributed by atoms with Gasteiger partial charge in [-0.2, -0.15) is 0 Å². The second-order valence-corrected chi connectivity index (χ2v) is 8.22. The fraction of sp³-hybridized carbons (Fsp3) is 0.304. The summed E-state index contributed by atoms with van der Waals surface area (Å²) >= 11 is 0. The molecule has 5 rings (SSSR count). The molecule has 0 bridgehead atoms. The number of hydrogen-bond donors (Lipinski definition) is 3. The molecule has 2 aromatic carbocycles. The molecule has 164 valence electrons. The average molecular weight is 435 g/mol. The molecule has 32 heavy (non-hydrogen) atoms. The van der Waals surface area contributed by atoms with E-state index < -0.39 is 5.97 Å². The minimum absolute atomic E-state index is 0.186. The van der Waals surface area contributed by atoms with Gasteiger partial charge in [0.15, 0.2) is 5.82 Å². The maximum atomic E-state index is 13.0. The Morgan fingerprint density at radius 2 is 1.91 bits per heavy atom. The summed E-state index contributed by atoms with van der Waals surface area (Å²) in [5, 5.41) is 20.0. The number of anilines is 2. The summed E-state index contributed by atoms with van der Waals surface area (Å²) in [4.78, 5) is 18.8. The number of carboxylic acid groups (broad SMARTS) is 1. The number of aliphatic carboxylic acids is 1. The van der Waals surface area contributed by atoms with Gasteiger partial charge in [-0.25, -0.2) is 9.37 Å². The molecule has 8 nitrogen and oxygen atoms in total. The second-order valence-electron chi connectivity index (χ2n) is 8.22. The molecule has 0 amide bonds. The van der Waals surface area contributed by atoms with Crippen molar-refractivity contribution in [2.75, 3.05) is 5.32 Å². The molecule has 9 heteroatoms. The zero-order valence-electron chi connectivity index (χ0n) is 17.2. The van der Waals surface area contributed by atoms with Crippen LogP contribution < -0.4 is 5.32 Å². The number of fused-ring (bicyclic) bond motifs is 1. The molecule has 0 spiro atoms. The summed E-state index contributed by atoms with van der Waals surface area (Å²) in [6, 6.07) is 12.2. The third kappa shape index (κ3) is 4.32. The van der Waals surface area contributed by atoms with E-state index in [-0.39, 0.29) is 30.1 Å². The number of benzene rings is 2. The smallest absolute Gasteiger partial charge is 0.320 e. The first-order valence-electron chi connectivity index (χ1n) is 10.6. The molecule has 1 aliphatic carbocycles. The van der Waals surface area contributed by atoms with Gasteiger partial charge in [-0.3, -0.25) is 4.79 Å². The number of aromatic amines is 1. The van der Waals surface area contributed by atoms with E-state index in [2.05, 4.69) is 37.6 Å². The quantitative estimate of drug-likeness (QED) is 0.379. The van der Waals surface area contributed by atoms with Crippen molar-refractivity contribution >= 4 is 28.7 Å². The zero-order chi connectivity index (χ0) is 22.1. The van der Waals surface area contributed by atoms with Crippen LogP contribution in [0.2, 0.25) is 0 Å². The van der Waals surface area contributed by atoms with E-state index in [1.165, 1.54) is 17.7 Å². The van der Waals surface area contributed by atoms with Crippen LogP contribution in [0.5, 0.6) is 0 Å². The van der Waals surface area contributed by atoms with Gasteiger partial charge in [0.05, 0.1) is 11.0 Å². The van der Waals surface area contributed by atoms with Crippen molar-refractivity contribution in [3.8, 4) is 11.7 Å². The van der Waals surface area contributed by atoms with E-state index >= 15 is 0 Å². The fourth-order valence-corrected chi connectivity index (χ4v) is 4.35. The van der Waals surface area contributed by atoms with Gasteiger partial charge in [0.2, 0.25) is 0 Å². The highest BCUT2D eigenvalue weighted by molar-refractivity contribution is 5.79. The number of aromatic nitrogens is 4. The monoisotopic (exact) mass is 435 g/mol. The lowest BCUT2D eigenvalue weighted by Gasteiger charge is -2.27. The molecular formula is C23H22FN5O3. The standard InChI is InChI=1S/C23H22FN5O3/c24-16-6-8-17(9-7-16)25-23-29-28-22(32-23)21-26-18-10-5-15(12-19(18)27-21)14-3-1-13(2-4-14)11-20(30)31/h5-10,12-14H,1-4,11H2,(H,25,29)(H,26,27)(H,30,31). The molecule has 0 atom stereocenters. The summed E-state index contributed by atoms with van der Waals surface area (Å²) in [6.07, 6.45) is 4.11. The van der Waals surface area contributed by atoms with Crippen LogP contribution in [0.3, 0.4) is 0 Å². The zero-order valence-corrected chi connectivity index (χ0v) is 17.2. The van der Waals surface area contributed by atoms with Crippen molar-refractivity contribution in [1.29, 1.82) is 0 Å². The first-order chi connectivity index (χ1) is 15.5. The van der Waals surface area contributed by atoms with Gasteiger partial charge in [-0.15, -0.1) is 5.10 Å². The molecule has 0 saturated heterocycles. The Balaban J connectivity index is 1.30. The Kier molecular flexibility index (Phi) is 5.30. The van der Waals surface area contributed by atoms with Crippen LogP contribution in [0.1, 0.15) is 43.6 Å². The van der Waals surface area contributed by atoms with Crippen LogP contribution in [0.25, 0.3) is 22.7 Å². The summed E-state index contributed by atoms with van der Waals surface area (Å²) in [7, 11) is 0. The first-order valence-corrected chi connectivity index (χ1v) is 10.6. The van der Waals surface area contributed by atoms with Crippen LogP contribution in [-0.2, 0) is 4.79 Å². The van der Waals surface area contributed by atoms with Gasteiger partial charge >= 0.3 is 12.0 Å². The molecule has 3 N–H and O–H groups in total. The van der Waals surface area contributed by atoms with Gasteiger partial charge in [0, 0.05) is 12.1 Å². The Morgan fingerprint density at radius 3 is 2.66 bits per heavy atom. The number of imidazole rings is 1. The van der Waals surface area contributed by atoms with Gasteiger partial charge in [-0.1, -0.05) is 11.2 Å². The molecule has 0 aliphatic heterocycles. The fourth-order valence-electron chi connectivity index (χ4n) is 4.35. The van der Waals surface area contributed by atoms with Crippen molar-refractivity contribution < 1.29 is 18.7 Å². The van der Waals surface area contributed by atoms with Crippen LogP contribution >= 0.6 is 0 Å². The molecule has 0 unspecified atom stereocenters. The lowest BCUT2D eigenvalue weighted by Crippen LogP contribution is -2.16. The molecule has 1 saturated carbocycles. The summed E-state index contributed by atoms with van der Waals surface area (Å²) in [6.45, 7) is 0. The molecule has 2 aromatic heterocycles. The predicted octanol–water partition coefficient (Wildman–Crippen LogP) is 5.24. The van der Waals surface area contributed by atoms with Crippen molar-refractivity contribution in [3.05, 3.63) is 53.8 Å². The minimum atomic E-state index is -0.712. The van der Waals surface area contributed by atoms with Gasteiger partial charge in [0.1, 0.15) is 5.82 Å². The number of nitrogens with zero attached hydrogens (tertiary/aromatic N) is 3. The summed E-state index contributed by atoms with van der Waals surface area (Å²) < 4.78 is 18.7. The second kappa shape index (κ2) is 8.41. The van der Waals surface area contributed by atoms with Crippen LogP contribution in [0, 0.1) is 11.7 Å². The van der Waals surface area contributed by atoms with Crippen LogP contribution in [-0.4, -0.2) is 31.2 Å². The molecule has 1 aliphatic rings. The summed E-state index contributed by atoms with van der Waals surface area (Å²) in [5.41, 5.74) is 3.54. The highest BCUT2D eigenvalue weighted by Crippen LogP contribution is 2.38. The van der Waals surface area contributed by atoms with Crippen LogP contribution in [0.4, 0.5) is 16.1 Å². The summed E-state index contributed by atoms with van der Waals surface area (Å²) in [5.74, 6) is 0.385. The maximum Gasteiger partial charge on any atom is 0.320 e. The highest BCUT2D eigenvalue weighted by Gasteiger charge is 2.24. The number of carboxylic acids is 1. The largest absolute Gasteiger partial charge is 0.481 e. The third-order valence-corrected chi connectivity index (χ3v) is 6.01. The van der Waals surface area contributed by atoms with Crippen molar-refractivity contribution in [2.45, 2.75) is 38.0 Å². The maximum absolute atomic E-state index is 13.0. The van der Waals surface area contributed by atoms with E-state index in [0.29, 0.717) is 17.4 Å². The average Bonchev–Trinajstić information content (AvgIpc) is 3.42. The lowest BCUT2D eigenvalue weighted by atomic mass is 9.77. The molecule has 1 fully saturated rings. The van der Waals surface area contributed by atoms with Crippen molar-refractivity contribution in [3.63, 3.8) is 0 Å². The highest BCUT2D eigenvalue weighted by atomic mass is 19.1. The van der Waals surface area contributed by atoms with E-state index in [1.54, 1.807) is 12.1 Å². The van der Waals surface area contributed by atoms with Crippen LogP contribution in [0.15, 0.2) is 46.9 Å². The Labute approximate surface area is 182 Å². The molecular weight excluding hydrogens is 413 g/mol. The molecule has 0 radical (unpaired) electrons. The Morgan fingerprint density at radius 1 is 1.12 bits per heavy atom. The molecule has 2 heterocycles. The Bertz CT molecular complexity index is 1240. The molecule has 4 aromatic rings. The van der Waals surface area contributed by atoms with E-state index in [9.17, 15) is 9.18 Å². The third-order valence-electron chi connectivity index (χ3n) is 6.01. The number of hydrogen-bond acceptors (Lipinski definition) is 6. The topological polar surface area (TPSA) is 117 Å². The Hall–Kier alpha value is -3.75.